The normalized spacial score (nSPS) is 19.1. The van der Waals surface area contributed by atoms with Gasteiger partial charge in [0.05, 0.1) is 0 Å². The summed E-state index contributed by atoms with van der Waals surface area (Å²) in [6, 6.07) is 15.0. The van der Waals surface area contributed by atoms with E-state index >= 15 is 0 Å². The molecule has 104 valence electrons. The van der Waals surface area contributed by atoms with Crippen molar-refractivity contribution in [3.63, 3.8) is 0 Å². The van der Waals surface area contributed by atoms with Gasteiger partial charge < -0.3 is 5.32 Å². The maximum absolute atomic E-state index is 4.55. The van der Waals surface area contributed by atoms with Crippen LogP contribution in [0, 0.1) is 0 Å². The fourth-order valence-electron chi connectivity index (χ4n) is 2.93. The first-order chi connectivity index (χ1) is 9.86. The number of hydrogen-bond donors (Lipinski definition) is 1. The quantitative estimate of drug-likeness (QED) is 0.908. The maximum Gasteiger partial charge on any atom is 0.130 e. The Morgan fingerprint density at radius 2 is 2.05 bits per heavy atom. The van der Waals surface area contributed by atoms with Crippen LogP contribution in [0.15, 0.2) is 48.7 Å². The fraction of sp³-hybridized carbons (Fsp3) is 0.353. The molecule has 1 atom stereocenters. The Bertz CT molecular complexity index is 536. The summed E-state index contributed by atoms with van der Waals surface area (Å²) < 4.78 is 0. The van der Waals surface area contributed by atoms with Crippen LogP contribution in [-0.4, -0.2) is 23.0 Å². The van der Waals surface area contributed by atoms with Gasteiger partial charge in [0, 0.05) is 17.9 Å². The lowest BCUT2D eigenvalue weighted by atomic mass is 10.1. The number of benzene rings is 1. The van der Waals surface area contributed by atoms with Crippen LogP contribution in [0.1, 0.15) is 31.4 Å². The topological polar surface area (TPSA) is 28.2 Å². The summed E-state index contributed by atoms with van der Waals surface area (Å²) in [6.45, 7) is 4.57. The highest BCUT2D eigenvalue weighted by Crippen LogP contribution is 2.31. The lowest BCUT2D eigenvalue weighted by molar-refractivity contribution is 0.271. The van der Waals surface area contributed by atoms with Crippen molar-refractivity contribution in [1.29, 1.82) is 0 Å². The second-order valence-electron chi connectivity index (χ2n) is 5.25. The Morgan fingerprint density at radius 3 is 2.75 bits per heavy atom. The van der Waals surface area contributed by atoms with Crippen LogP contribution < -0.4 is 5.32 Å². The summed E-state index contributed by atoms with van der Waals surface area (Å²) in [5, 5.41) is 3.32. The molecule has 1 aliphatic heterocycles. The van der Waals surface area contributed by atoms with Crippen molar-refractivity contribution in [1.82, 2.24) is 9.88 Å². The maximum atomic E-state index is 4.55. The van der Waals surface area contributed by atoms with Crippen LogP contribution in [0.2, 0.25) is 0 Å². The SMILES string of the molecule is CCN1CCCC1c1ccc(Nc2ccccc2)nc1. The highest BCUT2D eigenvalue weighted by molar-refractivity contribution is 5.55. The molecule has 0 amide bonds. The number of anilines is 2. The van der Waals surface area contributed by atoms with Crippen molar-refractivity contribution < 1.29 is 0 Å². The summed E-state index contributed by atoms with van der Waals surface area (Å²) in [5.41, 5.74) is 2.41. The first-order valence-corrected chi connectivity index (χ1v) is 7.39. The van der Waals surface area contributed by atoms with Crippen LogP contribution in [0.4, 0.5) is 11.5 Å². The molecule has 1 aliphatic rings. The van der Waals surface area contributed by atoms with Crippen molar-refractivity contribution in [2.24, 2.45) is 0 Å². The van der Waals surface area contributed by atoms with E-state index in [1.165, 1.54) is 24.9 Å². The van der Waals surface area contributed by atoms with Gasteiger partial charge in [-0.25, -0.2) is 4.98 Å². The highest BCUT2D eigenvalue weighted by atomic mass is 15.2. The number of nitrogens with zero attached hydrogens (tertiary/aromatic N) is 2. The molecule has 2 aromatic rings. The molecule has 1 aromatic heterocycles. The van der Waals surface area contributed by atoms with E-state index in [9.17, 15) is 0 Å². The average molecular weight is 267 g/mol. The number of hydrogen-bond acceptors (Lipinski definition) is 3. The summed E-state index contributed by atoms with van der Waals surface area (Å²) in [4.78, 5) is 7.08. The predicted octanol–water partition coefficient (Wildman–Crippen LogP) is 3.98. The van der Waals surface area contributed by atoms with Gasteiger partial charge in [0.2, 0.25) is 0 Å². The molecule has 20 heavy (non-hydrogen) atoms. The van der Waals surface area contributed by atoms with Crippen LogP contribution in [0.5, 0.6) is 0 Å². The van der Waals surface area contributed by atoms with Crippen molar-refractivity contribution in [3.8, 4) is 0 Å². The Balaban J connectivity index is 1.71. The van der Waals surface area contributed by atoms with Gasteiger partial charge in [0.15, 0.2) is 0 Å². The molecule has 3 rings (SSSR count). The smallest absolute Gasteiger partial charge is 0.130 e. The van der Waals surface area contributed by atoms with E-state index in [4.69, 9.17) is 0 Å². The van der Waals surface area contributed by atoms with Crippen molar-refractivity contribution >= 4 is 11.5 Å². The van der Waals surface area contributed by atoms with Gasteiger partial charge in [-0.3, -0.25) is 4.90 Å². The Morgan fingerprint density at radius 1 is 1.20 bits per heavy atom. The van der Waals surface area contributed by atoms with Gasteiger partial charge in [-0.1, -0.05) is 31.2 Å². The standard InChI is InChI=1S/C17H21N3/c1-2-20-12-6-9-16(20)14-10-11-17(18-13-14)19-15-7-4-3-5-8-15/h3-5,7-8,10-11,13,16H,2,6,9,12H2,1H3,(H,18,19). The van der Waals surface area contributed by atoms with E-state index in [1.54, 1.807) is 0 Å². The van der Waals surface area contributed by atoms with Gasteiger partial charge in [-0.15, -0.1) is 0 Å². The number of rotatable bonds is 4. The van der Waals surface area contributed by atoms with E-state index in [2.05, 4.69) is 34.3 Å². The summed E-state index contributed by atoms with van der Waals surface area (Å²) in [7, 11) is 0. The summed E-state index contributed by atoms with van der Waals surface area (Å²) >= 11 is 0. The van der Waals surface area contributed by atoms with Gasteiger partial charge in [0.25, 0.3) is 0 Å². The Kier molecular flexibility index (Phi) is 3.97. The third kappa shape index (κ3) is 2.83. The molecule has 3 heteroatoms. The summed E-state index contributed by atoms with van der Waals surface area (Å²) in [5.74, 6) is 0.904. The van der Waals surface area contributed by atoms with E-state index in [1.807, 2.05) is 36.5 Å². The third-order valence-electron chi connectivity index (χ3n) is 3.99. The monoisotopic (exact) mass is 267 g/mol. The number of pyridine rings is 1. The average Bonchev–Trinajstić information content (AvgIpc) is 2.98. The van der Waals surface area contributed by atoms with Crippen molar-refractivity contribution in [3.05, 3.63) is 54.2 Å². The largest absolute Gasteiger partial charge is 0.340 e. The Labute approximate surface area is 120 Å². The van der Waals surface area contributed by atoms with Crippen molar-refractivity contribution in [2.45, 2.75) is 25.8 Å². The minimum absolute atomic E-state index is 0.554. The number of para-hydroxylation sites is 1. The molecule has 0 spiro atoms. The van der Waals surface area contributed by atoms with Crippen LogP contribution >= 0.6 is 0 Å². The van der Waals surface area contributed by atoms with Gasteiger partial charge in [-0.2, -0.15) is 0 Å². The molecule has 2 heterocycles. The van der Waals surface area contributed by atoms with E-state index < -0.39 is 0 Å². The second-order valence-corrected chi connectivity index (χ2v) is 5.25. The van der Waals surface area contributed by atoms with E-state index in [0.29, 0.717) is 6.04 Å². The molecule has 0 bridgehead atoms. The van der Waals surface area contributed by atoms with E-state index in [-0.39, 0.29) is 0 Å². The van der Waals surface area contributed by atoms with Gasteiger partial charge in [-0.05, 0) is 49.7 Å². The molecule has 1 N–H and O–H groups in total. The summed E-state index contributed by atoms with van der Waals surface area (Å²) in [6.07, 6.45) is 4.56. The number of aromatic nitrogens is 1. The lowest BCUT2D eigenvalue weighted by Gasteiger charge is -2.22. The zero-order chi connectivity index (χ0) is 13.8. The predicted molar refractivity (Wildman–Crippen MR) is 83.2 cm³/mol. The fourth-order valence-corrected chi connectivity index (χ4v) is 2.93. The highest BCUT2D eigenvalue weighted by Gasteiger charge is 2.24. The third-order valence-corrected chi connectivity index (χ3v) is 3.99. The van der Waals surface area contributed by atoms with Gasteiger partial charge in [0.1, 0.15) is 5.82 Å². The molecule has 3 nitrogen and oxygen atoms in total. The van der Waals surface area contributed by atoms with Crippen LogP contribution in [0.25, 0.3) is 0 Å². The minimum atomic E-state index is 0.554. The number of nitrogens with one attached hydrogen (secondary N) is 1. The van der Waals surface area contributed by atoms with Crippen LogP contribution in [-0.2, 0) is 0 Å². The second kappa shape index (κ2) is 6.06. The van der Waals surface area contributed by atoms with Crippen molar-refractivity contribution in [2.75, 3.05) is 18.4 Å². The first-order valence-electron chi connectivity index (χ1n) is 7.39. The number of likely N-dealkylation sites (tertiary alicyclic amines) is 1. The van der Waals surface area contributed by atoms with E-state index in [0.717, 1.165) is 18.1 Å². The van der Waals surface area contributed by atoms with Gasteiger partial charge >= 0.3 is 0 Å². The molecule has 1 unspecified atom stereocenters. The molecule has 0 aliphatic carbocycles. The first kappa shape index (κ1) is 13.1. The molecular weight excluding hydrogens is 246 g/mol. The molecule has 1 fully saturated rings. The molecule has 1 aromatic carbocycles. The lowest BCUT2D eigenvalue weighted by Crippen LogP contribution is -2.22. The molecule has 0 radical (unpaired) electrons. The zero-order valence-corrected chi connectivity index (χ0v) is 11.9. The molecular formula is C17H21N3. The zero-order valence-electron chi connectivity index (χ0n) is 11.9. The molecule has 0 saturated carbocycles. The minimum Gasteiger partial charge on any atom is -0.340 e. The molecule has 1 saturated heterocycles. The van der Waals surface area contributed by atoms with Crippen LogP contribution in [0.3, 0.4) is 0 Å². The Hall–Kier alpha value is -1.87.